The highest BCUT2D eigenvalue weighted by Crippen LogP contribution is 2.22. The van der Waals surface area contributed by atoms with E-state index in [2.05, 4.69) is 26.0 Å². The van der Waals surface area contributed by atoms with Crippen molar-refractivity contribution in [3.63, 3.8) is 0 Å². The predicted molar refractivity (Wildman–Crippen MR) is 205 cm³/mol. The van der Waals surface area contributed by atoms with Gasteiger partial charge in [0.25, 0.3) is 5.91 Å². The molecule has 2 aromatic rings. The third kappa shape index (κ3) is 12.3. The summed E-state index contributed by atoms with van der Waals surface area (Å²) in [5.41, 5.74) is 6.22. The Bertz CT molecular complexity index is 1790. The highest BCUT2D eigenvalue weighted by atomic mass is 16.5. The Hall–Kier alpha value is -5.84. The lowest BCUT2D eigenvalue weighted by molar-refractivity contribution is -0.159. The number of rotatable bonds is 15. The maximum absolute atomic E-state index is 14.0. The summed E-state index contributed by atoms with van der Waals surface area (Å²) in [7, 11) is 1.05. The number of nitrogens with two attached hydrogens (primary N) is 1. The summed E-state index contributed by atoms with van der Waals surface area (Å²) in [5, 5.41) is 22.2. The summed E-state index contributed by atoms with van der Waals surface area (Å²) in [6, 6.07) is 11.2. The quantitative estimate of drug-likeness (QED) is 0.0972. The number of carbonyl (C=O) groups is 8. The molecule has 6 atom stereocenters. The van der Waals surface area contributed by atoms with E-state index in [1.165, 1.54) is 4.90 Å². The summed E-state index contributed by atoms with van der Waals surface area (Å²) in [4.78, 5) is 108. The second-order valence-electron chi connectivity index (χ2n) is 15.3. The van der Waals surface area contributed by atoms with E-state index in [1.807, 2.05) is 20.8 Å². The molecule has 7 amide bonds. The number of likely N-dealkylation sites (tertiary alicyclic amines) is 2. The van der Waals surface area contributed by atoms with Crippen molar-refractivity contribution in [3.8, 4) is 0 Å². The molecule has 7 N–H and O–H groups in total. The number of hydrogen-bond donors (Lipinski definition) is 6. The molecule has 2 heterocycles. The first-order valence-corrected chi connectivity index (χ1v) is 19.0. The zero-order valence-corrected chi connectivity index (χ0v) is 32.7. The van der Waals surface area contributed by atoms with Crippen molar-refractivity contribution >= 4 is 47.3 Å². The van der Waals surface area contributed by atoms with Crippen LogP contribution in [0.4, 0.5) is 0 Å². The fourth-order valence-corrected chi connectivity index (χ4v) is 6.99. The lowest BCUT2D eigenvalue weighted by Gasteiger charge is -2.32. The summed E-state index contributed by atoms with van der Waals surface area (Å²) < 4.78 is 4.54. The molecule has 2 aromatic carbocycles. The number of benzene rings is 2. The van der Waals surface area contributed by atoms with Gasteiger partial charge >= 0.3 is 11.9 Å². The average Bonchev–Trinajstić information content (AvgIpc) is 3.87. The maximum Gasteiger partial charge on any atom is 0.396 e. The number of aliphatic hydroxyl groups excluding tert-OH is 1. The fraction of sp³-hybridized carbons (Fsp3) is 0.500. The molecule has 0 saturated carbocycles. The lowest BCUT2D eigenvalue weighted by atomic mass is 9.98. The number of hydrogen-bond acceptors (Lipinski definition) is 10. The van der Waals surface area contributed by atoms with Crippen molar-refractivity contribution in [3.05, 3.63) is 71.8 Å². The minimum absolute atomic E-state index is 0.0434. The standard InChI is InChI=1S/C40H53N7O10/c1-40(2,3)45-36(53)30-18-12-19-46(30)37(54)32(49)26(21-24-13-7-5-8-14-24)42-34(51)28(23-31(41)48)43-33(50)27(22-25-15-9-6-10-16-25)44-35(52)29-17-11-20-47(29)38(55)39(56)57-4/h5-10,13-16,26-30,32,49H,11-12,17-23H2,1-4H3,(H2,41,48)(H,42,51)(H,43,50)(H,44,52)(H,45,53)/t26-,27-,28-,29-,30-,32-/m0/s1. The number of aliphatic hydroxyl groups is 1. The van der Waals surface area contributed by atoms with Gasteiger partial charge in [0.05, 0.1) is 19.6 Å². The first-order valence-electron chi connectivity index (χ1n) is 19.0. The van der Waals surface area contributed by atoms with Gasteiger partial charge in [0.1, 0.15) is 24.2 Å². The smallest absolute Gasteiger partial charge is 0.396 e. The zero-order valence-electron chi connectivity index (χ0n) is 32.7. The first-order chi connectivity index (χ1) is 27.0. The zero-order chi connectivity index (χ0) is 41.9. The molecule has 0 aliphatic carbocycles. The van der Waals surface area contributed by atoms with Gasteiger partial charge in [-0.2, -0.15) is 0 Å². The maximum atomic E-state index is 14.0. The molecule has 2 saturated heterocycles. The number of nitrogens with zero attached hydrogens (tertiary/aromatic N) is 2. The van der Waals surface area contributed by atoms with Gasteiger partial charge in [-0.3, -0.25) is 33.6 Å². The van der Waals surface area contributed by atoms with Crippen LogP contribution in [0.15, 0.2) is 60.7 Å². The largest absolute Gasteiger partial charge is 0.462 e. The highest BCUT2D eigenvalue weighted by molar-refractivity contribution is 6.32. The van der Waals surface area contributed by atoms with Crippen LogP contribution in [-0.2, 0) is 55.9 Å². The molecule has 0 spiro atoms. The van der Waals surface area contributed by atoms with Crippen molar-refractivity contribution in [2.24, 2.45) is 5.73 Å². The van der Waals surface area contributed by atoms with E-state index < -0.39 is 89.7 Å². The van der Waals surface area contributed by atoms with Gasteiger partial charge < -0.3 is 46.6 Å². The van der Waals surface area contributed by atoms with Crippen LogP contribution >= 0.6 is 0 Å². The van der Waals surface area contributed by atoms with Crippen molar-refractivity contribution in [1.29, 1.82) is 0 Å². The van der Waals surface area contributed by atoms with Crippen LogP contribution < -0.4 is 27.0 Å². The topological polar surface area (TPSA) is 247 Å². The van der Waals surface area contributed by atoms with Crippen LogP contribution in [-0.4, -0.2) is 124 Å². The Morgan fingerprint density at radius 3 is 1.82 bits per heavy atom. The second kappa shape index (κ2) is 19.8. The Morgan fingerprint density at radius 1 is 0.754 bits per heavy atom. The summed E-state index contributed by atoms with van der Waals surface area (Å²) in [5.74, 6) is -6.81. The van der Waals surface area contributed by atoms with E-state index in [0.29, 0.717) is 30.4 Å². The van der Waals surface area contributed by atoms with Crippen LogP contribution in [0.5, 0.6) is 0 Å². The fourth-order valence-electron chi connectivity index (χ4n) is 6.99. The van der Waals surface area contributed by atoms with E-state index in [9.17, 15) is 43.5 Å². The van der Waals surface area contributed by atoms with Gasteiger partial charge in [-0.15, -0.1) is 0 Å². The molecule has 0 radical (unpaired) electrons. The van der Waals surface area contributed by atoms with Crippen molar-refractivity contribution in [1.82, 2.24) is 31.1 Å². The molecule has 0 aromatic heterocycles. The number of ether oxygens (including phenoxy) is 1. The van der Waals surface area contributed by atoms with E-state index in [1.54, 1.807) is 60.7 Å². The summed E-state index contributed by atoms with van der Waals surface area (Å²) in [6.07, 6.45) is -1.11. The molecule has 0 bridgehead atoms. The molecule has 4 rings (SSSR count). The van der Waals surface area contributed by atoms with Gasteiger partial charge in [0.2, 0.25) is 29.5 Å². The number of carbonyl (C=O) groups excluding carboxylic acids is 8. The Kier molecular flexibility index (Phi) is 15.3. The summed E-state index contributed by atoms with van der Waals surface area (Å²) >= 11 is 0. The molecule has 308 valence electrons. The lowest BCUT2D eigenvalue weighted by Crippen LogP contribution is -2.61. The average molecular weight is 792 g/mol. The van der Waals surface area contributed by atoms with E-state index in [4.69, 9.17) is 5.73 Å². The number of primary amides is 1. The molecular formula is C40H53N7O10. The van der Waals surface area contributed by atoms with Crippen molar-refractivity contribution in [2.45, 2.75) is 108 Å². The normalized spacial score (nSPS) is 18.7. The van der Waals surface area contributed by atoms with Crippen LogP contribution in [0.3, 0.4) is 0 Å². The van der Waals surface area contributed by atoms with E-state index in [0.717, 1.165) is 12.0 Å². The van der Waals surface area contributed by atoms with Crippen LogP contribution in [0.25, 0.3) is 0 Å². The molecule has 2 fully saturated rings. The Labute approximate surface area is 331 Å². The number of nitrogens with one attached hydrogen (secondary N) is 4. The number of esters is 1. The SMILES string of the molecule is COC(=O)C(=O)N1CCC[C@H]1C(=O)N[C@@H](Cc1ccccc1)C(=O)N[C@@H](CC(N)=O)C(=O)N[C@@H](Cc1ccccc1)[C@H](O)C(=O)N1CCC[C@H]1C(=O)NC(C)(C)C. The van der Waals surface area contributed by atoms with Crippen molar-refractivity contribution < 1.29 is 48.2 Å². The number of amides is 7. The van der Waals surface area contributed by atoms with E-state index in [-0.39, 0.29) is 38.3 Å². The highest BCUT2D eigenvalue weighted by Gasteiger charge is 2.42. The van der Waals surface area contributed by atoms with Crippen LogP contribution in [0.1, 0.15) is 64.0 Å². The van der Waals surface area contributed by atoms with Gasteiger partial charge in [0.15, 0.2) is 6.10 Å². The van der Waals surface area contributed by atoms with E-state index >= 15 is 0 Å². The van der Waals surface area contributed by atoms with Gasteiger partial charge in [0, 0.05) is 25.0 Å². The van der Waals surface area contributed by atoms with Crippen LogP contribution in [0.2, 0.25) is 0 Å². The third-order valence-electron chi connectivity index (χ3n) is 9.73. The monoisotopic (exact) mass is 791 g/mol. The Balaban J connectivity index is 1.57. The molecular weight excluding hydrogens is 738 g/mol. The first kappa shape index (κ1) is 43.9. The minimum atomic E-state index is -1.84. The molecule has 2 aliphatic rings. The molecule has 17 heteroatoms. The molecule has 57 heavy (non-hydrogen) atoms. The second-order valence-corrected chi connectivity index (χ2v) is 15.3. The van der Waals surface area contributed by atoms with Crippen molar-refractivity contribution in [2.75, 3.05) is 20.2 Å². The van der Waals surface area contributed by atoms with Crippen LogP contribution in [0, 0.1) is 0 Å². The third-order valence-corrected chi connectivity index (χ3v) is 9.73. The Morgan fingerprint density at radius 2 is 1.28 bits per heavy atom. The van der Waals surface area contributed by atoms with Gasteiger partial charge in [-0.25, -0.2) is 4.79 Å². The summed E-state index contributed by atoms with van der Waals surface area (Å²) in [6.45, 7) is 5.75. The minimum Gasteiger partial charge on any atom is -0.462 e. The van der Waals surface area contributed by atoms with Gasteiger partial charge in [-0.05, 0) is 64.0 Å². The van der Waals surface area contributed by atoms with Gasteiger partial charge in [-0.1, -0.05) is 60.7 Å². The molecule has 17 nitrogen and oxygen atoms in total. The molecule has 2 aliphatic heterocycles. The predicted octanol–water partition coefficient (Wildman–Crippen LogP) is -0.768. The molecule has 0 unspecified atom stereocenters. The number of methoxy groups -OCH3 is 1.